The van der Waals surface area contributed by atoms with Crippen LogP contribution in [0.4, 0.5) is 28.8 Å². The predicted molar refractivity (Wildman–Crippen MR) is 124 cm³/mol. The number of nitrogens with one attached hydrogen (secondary N) is 3. The normalized spacial score (nSPS) is 11.1. The zero-order chi connectivity index (χ0) is 23.3. The zero-order valence-electron chi connectivity index (χ0n) is 17.2. The van der Waals surface area contributed by atoms with E-state index in [2.05, 4.69) is 25.3 Å². The van der Waals surface area contributed by atoms with Crippen LogP contribution in [-0.4, -0.2) is 37.7 Å². The molecule has 0 saturated heterocycles. The van der Waals surface area contributed by atoms with Crippen LogP contribution < -0.4 is 21.1 Å². The molecule has 0 aliphatic heterocycles. The van der Waals surface area contributed by atoms with E-state index in [0.717, 1.165) is 11.8 Å². The summed E-state index contributed by atoms with van der Waals surface area (Å²) in [6.07, 6.45) is 2.45. The molecule has 3 aromatic rings. The Bertz CT molecular complexity index is 1250. The molecule has 2 aromatic carbocycles. The number of hydrogen-bond acceptors (Lipinski definition) is 8. The van der Waals surface area contributed by atoms with Crippen molar-refractivity contribution >= 4 is 56.4 Å². The van der Waals surface area contributed by atoms with Crippen molar-refractivity contribution in [2.24, 2.45) is 5.73 Å². The fraction of sp³-hybridized carbons (Fsp3) is 0.150. The van der Waals surface area contributed by atoms with Crippen molar-refractivity contribution in [1.82, 2.24) is 9.97 Å². The van der Waals surface area contributed by atoms with Crippen molar-refractivity contribution in [3.63, 3.8) is 0 Å². The lowest BCUT2D eigenvalue weighted by molar-refractivity contribution is 0.1000. The minimum Gasteiger partial charge on any atom is -0.380 e. The van der Waals surface area contributed by atoms with Crippen LogP contribution in [0.5, 0.6) is 0 Å². The summed E-state index contributed by atoms with van der Waals surface area (Å²) >= 11 is 6.25. The molecule has 0 atom stereocenters. The molecule has 0 spiro atoms. The summed E-state index contributed by atoms with van der Waals surface area (Å²) in [5.74, 6) is -0.151. The molecule has 0 radical (unpaired) electrons. The van der Waals surface area contributed by atoms with Crippen LogP contribution >= 0.6 is 11.6 Å². The lowest BCUT2D eigenvalue weighted by Gasteiger charge is -2.15. The summed E-state index contributed by atoms with van der Waals surface area (Å²) in [7, 11) is -1.94. The van der Waals surface area contributed by atoms with E-state index in [-0.39, 0.29) is 23.4 Å². The third kappa shape index (κ3) is 6.06. The number of benzene rings is 2. The molecule has 0 bridgehead atoms. The minimum atomic E-state index is -3.49. The van der Waals surface area contributed by atoms with Gasteiger partial charge in [0, 0.05) is 23.9 Å². The predicted octanol–water partition coefficient (Wildman–Crippen LogP) is 3.23. The molecule has 10 nitrogen and oxygen atoms in total. The van der Waals surface area contributed by atoms with Gasteiger partial charge in [0.05, 0.1) is 30.4 Å². The zero-order valence-corrected chi connectivity index (χ0v) is 18.8. The maximum absolute atomic E-state index is 11.6. The van der Waals surface area contributed by atoms with E-state index in [4.69, 9.17) is 22.1 Å². The van der Waals surface area contributed by atoms with Gasteiger partial charge in [-0.05, 0) is 24.3 Å². The number of nitrogens with two attached hydrogens (primary N) is 1. The fourth-order valence-electron chi connectivity index (χ4n) is 2.77. The molecular formula is C20H21ClN6O4S. The van der Waals surface area contributed by atoms with Gasteiger partial charge in [-0.3, -0.25) is 9.52 Å². The maximum atomic E-state index is 11.6. The van der Waals surface area contributed by atoms with Crippen molar-refractivity contribution in [2.45, 2.75) is 6.61 Å². The number of nitrogens with zero attached hydrogens (tertiary/aromatic N) is 2. The van der Waals surface area contributed by atoms with E-state index in [1.165, 1.54) is 6.20 Å². The number of methoxy groups -OCH3 is 1. The Labute approximate surface area is 190 Å². The van der Waals surface area contributed by atoms with Gasteiger partial charge in [-0.1, -0.05) is 29.8 Å². The van der Waals surface area contributed by atoms with Gasteiger partial charge >= 0.3 is 0 Å². The molecular weight excluding hydrogens is 456 g/mol. The van der Waals surface area contributed by atoms with Gasteiger partial charge in [0.2, 0.25) is 21.9 Å². The third-order valence-corrected chi connectivity index (χ3v) is 5.03. The van der Waals surface area contributed by atoms with Gasteiger partial charge in [-0.2, -0.15) is 4.98 Å². The number of rotatable bonds is 9. The van der Waals surface area contributed by atoms with Crippen LogP contribution in [0.25, 0.3) is 0 Å². The van der Waals surface area contributed by atoms with E-state index in [1.807, 2.05) is 0 Å². The number of halogens is 1. The average molecular weight is 477 g/mol. The Balaban J connectivity index is 1.93. The summed E-state index contributed by atoms with van der Waals surface area (Å²) in [4.78, 5) is 20.1. The van der Waals surface area contributed by atoms with E-state index < -0.39 is 15.9 Å². The Morgan fingerprint density at radius 3 is 2.50 bits per heavy atom. The number of primary amides is 1. The van der Waals surface area contributed by atoms with Gasteiger partial charge in [0.15, 0.2) is 5.82 Å². The quantitative estimate of drug-likeness (QED) is 0.367. The summed E-state index contributed by atoms with van der Waals surface area (Å²) in [5.41, 5.74) is 7.76. The van der Waals surface area contributed by atoms with Crippen molar-refractivity contribution in [2.75, 3.05) is 28.7 Å². The molecule has 5 N–H and O–H groups in total. The minimum absolute atomic E-state index is 0.185. The Hall–Kier alpha value is -3.41. The van der Waals surface area contributed by atoms with Crippen molar-refractivity contribution in [3.8, 4) is 0 Å². The second-order valence-electron chi connectivity index (χ2n) is 6.73. The highest BCUT2D eigenvalue weighted by Crippen LogP contribution is 2.30. The number of carbonyl (C=O) groups is 1. The number of carbonyl (C=O) groups excluding carboxylic acids is 1. The lowest BCUT2D eigenvalue weighted by Crippen LogP contribution is -2.12. The molecule has 0 saturated carbocycles. The van der Waals surface area contributed by atoms with E-state index in [1.54, 1.807) is 49.6 Å². The largest absolute Gasteiger partial charge is 0.380 e. The highest BCUT2D eigenvalue weighted by Gasteiger charge is 2.13. The van der Waals surface area contributed by atoms with E-state index in [9.17, 15) is 13.2 Å². The van der Waals surface area contributed by atoms with Crippen molar-refractivity contribution in [1.29, 1.82) is 0 Å². The van der Waals surface area contributed by atoms with Gasteiger partial charge in [-0.15, -0.1) is 0 Å². The highest BCUT2D eigenvalue weighted by atomic mass is 35.5. The monoisotopic (exact) mass is 476 g/mol. The second kappa shape index (κ2) is 9.81. The molecule has 1 heterocycles. The first-order valence-corrected chi connectivity index (χ1v) is 11.5. The summed E-state index contributed by atoms with van der Waals surface area (Å²) < 4.78 is 30.9. The number of sulfonamides is 1. The Morgan fingerprint density at radius 1 is 1.12 bits per heavy atom. The van der Waals surface area contributed by atoms with E-state index in [0.29, 0.717) is 22.6 Å². The molecule has 168 valence electrons. The SMILES string of the molecule is COCc1ccc(C(N)=O)cc1Nc1ncc(Cl)c(Nc2ccccc2NS(C)(=O)=O)n1. The van der Waals surface area contributed by atoms with Crippen molar-refractivity contribution in [3.05, 3.63) is 64.8 Å². The Morgan fingerprint density at radius 2 is 1.84 bits per heavy atom. The van der Waals surface area contributed by atoms with Crippen LogP contribution in [0.1, 0.15) is 15.9 Å². The molecule has 0 aliphatic rings. The average Bonchev–Trinajstić information content (AvgIpc) is 2.72. The highest BCUT2D eigenvalue weighted by molar-refractivity contribution is 7.92. The summed E-state index contributed by atoms with van der Waals surface area (Å²) in [6, 6.07) is 11.6. The van der Waals surface area contributed by atoms with E-state index >= 15 is 0 Å². The molecule has 0 unspecified atom stereocenters. The fourth-order valence-corrected chi connectivity index (χ4v) is 3.49. The number of para-hydroxylation sites is 2. The van der Waals surface area contributed by atoms with Crippen LogP contribution in [0.15, 0.2) is 48.7 Å². The van der Waals surface area contributed by atoms with Gasteiger partial charge < -0.3 is 21.1 Å². The third-order valence-electron chi connectivity index (χ3n) is 4.16. The molecule has 32 heavy (non-hydrogen) atoms. The first-order valence-electron chi connectivity index (χ1n) is 9.21. The smallest absolute Gasteiger partial charge is 0.248 e. The Kier molecular flexibility index (Phi) is 7.13. The number of aromatic nitrogens is 2. The molecule has 0 fully saturated rings. The summed E-state index contributed by atoms with van der Waals surface area (Å²) in [6.45, 7) is 0.282. The molecule has 1 amide bonds. The molecule has 3 rings (SSSR count). The standard InChI is InChI=1S/C20H21ClN6O4S/c1-31-11-13-8-7-12(18(22)28)9-17(13)25-20-23-10-14(21)19(26-20)24-15-5-3-4-6-16(15)27-32(2,29)30/h3-10,27H,11H2,1-2H3,(H2,22,28)(H2,23,24,25,26). The maximum Gasteiger partial charge on any atom is 0.248 e. The first-order chi connectivity index (χ1) is 15.2. The number of ether oxygens (including phenoxy) is 1. The van der Waals surface area contributed by atoms with Crippen LogP contribution in [0, 0.1) is 0 Å². The second-order valence-corrected chi connectivity index (χ2v) is 8.88. The van der Waals surface area contributed by atoms with Crippen LogP contribution in [0.3, 0.4) is 0 Å². The molecule has 12 heteroatoms. The number of amides is 1. The first kappa shape index (κ1) is 23.3. The topological polar surface area (TPSA) is 148 Å². The van der Waals surface area contributed by atoms with Crippen LogP contribution in [0.2, 0.25) is 5.02 Å². The van der Waals surface area contributed by atoms with Crippen molar-refractivity contribution < 1.29 is 17.9 Å². The van der Waals surface area contributed by atoms with Gasteiger partial charge in [-0.25, -0.2) is 13.4 Å². The van der Waals surface area contributed by atoms with Gasteiger partial charge in [0.1, 0.15) is 5.02 Å². The van der Waals surface area contributed by atoms with Gasteiger partial charge in [0.25, 0.3) is 0 Å². The summed E-state index contributed by atoms with van der Waals surface area (Å²) in [5, 5.41) is 6.26. The molecule has 0 aliphatic carbocycles. The molecule has 1 aromatic heterocycles. The number of anilines is 5. The number of hydrogen-bond donors (Lipinski definition) is 4. The van der Waals surface area contributed by atoms with Crippen LogP contribution in [-0.2, 0) is 21.4 Å². The lowest BCUT2D eigenvalue weighted by atomic mass is 10.1.